The second-order valence-electron chi connectivity index (χ2n) is 4.82. The predicted molar refractivity (Wildman–Crippen MR) is 68.9 cm³/mol. The van der Waals surface area contributed by atoms with Crippen molar-refractivity contribution in [2.24, 2.45) is 0 Å². The van der Waals surface area contributed by atoms with Crippen molar-refractivity contribution in [2.45, 2.75) is 44.6 Å². The molecule has 1 aromatic heterocycles. The molecule has 18 heavy (non-hydrogen) atoms. The van der Waals surface area contributed by atoms with Crippen molar-refractivity contribution in [3.05, 3.63) is 18.1 Å². The number of hydrogen-bond acceptors (Lipinski definition) is 4. The van der Waals surface area contributed by atoms with E-state index in [-0.39, 0.29) is 5.69 Å². The third kappa shape index (κ3) is 2.97. The van der Waals surface area contributed by atoms with Gasteiger partial charge >= 0.3 is 5.97 Å². The topological polar surface area (TPSA) is 66.3 Å². The summed E-state index contributed by atoms with van der Waals surface area (Å²) in [4.78, 5) is 20.9. The monoisotopic (exact) mass is 249 g/mol. The van der Waals surface area contributed by atoms with Crippen LogP contribution in [0.3, 0.4) is 0 Å². The van der Waals surface area contributed by atoms with Gasteiger partial charge in [-0.1, -0.05) is 25.7 Å². The van der Waals surface area contributed by atoms with Crippen LogP contribution < -0.4 is 4.90 Å². The normalized spacial score (nSPS) is 17.2. The molecular weight excluding hydrogens is 230 g/mol. The molecule has 0 amide bonds. The molecule has 0 saturated heterocycles. The SMILES string of the molecule is CN(c1cnc(C(=O)O)cn1)C1CCCCCC1. The fourth-order valence-corrected chi connectivity index (χ4v) is 2.45. The largest absolute Gasteiger partial charge is 0.476 e. The quantitative estimate of drug-likeness (QED) is 0.833. The summed E-state index contributed by atoms with van der Waals surface area (Å²) in [6.07, 6.45) is 10.4. The summed E-state index contributed by atoms with van der Waals surface area (Å²) >= 11 is 0. The van der Waals surface area contributed by atoms with Crippen LogP contribution in [0.25, 0.3) is 0 Å². The number of anilines is 1. The van der Waals surface area contributed by atoms with Crippen molar-refractivity contribution in [1.29, 1.82) is 0 Å². The molecule has 0 bridgehead atoms. The Morgan fingerprint density at radius 2 is 1.89 bits per heavy atom. The minimum atomic E-state index is -1.04. The highest BCUT2D eigenvalue weighted by Crippen LogP contribution is 2.23. The molecule has 1 aliphatic rings. The summed E-state index contributed by atoms with van der Waals surface area (Å²) in [5, 5.41) is 8.78. The molecule has 5 nitrogen and oxygen atoms in total. The Morgan fingerprint density at radius 1 is 1.22 bits per heavy atom. The molecule has 5 heteroatoms. The molecule has 0 atom stereocenters. The molecule has 0 spiro atoms. The van der Waals surface area contributed by atoms with E-state index in [9.17, 15) is 4.79 Å². The van der Waals surface area contributed by atoms with E-state index in [1.54, 1.807) is 6.20 Å². The van der Waals surface area contributed by atoms with Crippen LogP contribution in [0, 0.1) is 0 Å². The minimum Gasteiger partial charge on any atom is -0.476 e. The summed E-state index contributed by atoms with van der Waals surface area (Å²) < 4.78 is 0. The average molecular weight is 249 g/mol. The van der Waals surface area contributed by atoms with Crippen LogP contribution in [0.5, 0.6) is 0 Å². The highest BCUT2D eigenvalue weighted by atomic mass is 16.4. The Balaban J connectivity index is 2.07. The van der Waals surface area contributed by atoms with Crippen LogP contribution in [-0.2, 0) is 0 Å². The zero-order chi connectivity index (χ0) is 13.0. The molecular formula is C13H19N3O2. The summed E-state index contributed by atoms with van der Waals surface area (Å²) in [6.45, 7) is 0. The van der Waals surface area contributed by atoms with Gasteiger partial charge in [-0.15, -0.1) is 0 Å². The number of carboxylic acids is 1. The van der Waals surface area contributed by atoms with Gasteiger partial charge in [0.1, 0.15) is 5.82 Å². The summed E-state index contributed by atoms with van der Waals surface area (Å²) in [5.41, 5.74) is -0.00647. The van der Waals surface area contributed by atoms with Gasteiger partial charge in [0.05, 0.1) is 12.4 Å². The van der Waals surface area contributed by atoms with Crippen molar-refractivity contribution >= 4 is 11.8 Å². The number of hydrogen-bond donors (Lipinski definition) is 1. The zero-order valence-corrected chi connectivity index (χ0v) is 10.7. The van der Waals surface area contributed by atoms with Gasteiger partial charge in [0.25, 0.3) is 0 Å². The number of aromatic carboxylic acids is 1. The lowest BCUT2D eigenvalue weighted by Crippen LogP contribution is -2.31. The van der Waals surface area contributed by atoms with Gasteiger partial charge in [-0.3, -0.25) is 0 Å². The Bertz CT molecular complexity index is 397. The van der Waals surface area contributed by atoms with Gasteiger partial charge in [-0.05, 0) is 12.8 Å². The van der Waals surface area contributed by atoms with Crippen molar-refractivity contribution < 1.29 is 9.90 Å². The van der Waals surface area contributed by atoms with E-state index in [1.807, 2.05) is 7.05 Å². The van der Waals surface area contributed by atoms with Gasteiger partial charge in [0, 0.05) is 13.1 Å². The lowest BCUT2D eigenvalue weighted by molar-refractivity contribution is 0.0690. The van der Waals surface area contributed by atoms with Gasteiger partial charge in [0.15, 0.2) is 5.69 Å². The molecule has 1 saturated carbocycles. The molecule has 0 aromatic carbocycles. The molecule has 2 rings (SSSR count). The number of carbonyl (C=O) groups is 1. The maximum absolute atomic E-state index is 10.7. The van der Waals surface area contributed by atoms with E-state index >= 15 is 0 Å². The first kappa shape index (κ1) is 12.8. The van der Waals surface area contributed by atoms with Gasteiger partial charge < -0.3 is 10.0 Å². The highest BCUT2D eigenvalue weighted by molar-refractivity contribution is 5.84. The Morgan fingerprint density at radius 3 is 2.39 bits per heavy atom. The van der Waals surface area contributed by atoms with E-state index in [0.717, 1.165) is 5.82 Å². The second kappa shape index (κ2) is 5.80. The van der Waals surface area contributed by atoms with Gasteiger partial charge in [-0.25, -0.2) is 14.8 Å². The third-order valence-electron chi connectivity index (χ3n) is 3.59. The molecule has 0 radical (unpaired) electrons. The summed E-state index contributed by atoms with van der Waals surface area (Å²) in [5.74, 6) is -0.280. The first-order chi connectivity index (χ1) is 8.68. The smallest absolute Gasteiger partial charge is 0.356 e. The molecule has 1 fully saturated rings. The summed E-state index contributed by atoms with van der Waals surface area (Å²) in [6, 6.07) is 0.498. The van der Waals surface area contributed by atoms with E-state index in [4.69, 9.17) is 5.11 Å². The van der Waals surface area contributed by atoms with E-state index < -0.39 is 5.97 Å². The number of carboxylic acid groups (broad SMARTS) is 1. The van der Waals surface area contributed by atoms with Crippen LogP contribution in [-0.4, -0.2) is 34.1 Å². The minimum absolute atomic E-state index is 0.00647. The Hall–Kier alpha value is -1.65. The lowest BCUT2D eigenvalue weighted by Gasteiger charge is -2.27. The van der Waals surface area contributed by atoms with Crippen molar-refractivity contribution in [2.75, 3.05) is 11.9 Å². The van der Waals surface area contributed by atoms with E-state index in [1.165, 1.54) is 44.7 Å². The highest BCUT2D eigenvalue weighted by Gasteiger charge is 2.18. The Kier molecular flexibility index (Phi) is 4.12. The molecule has 1 heterocycles. The second-order valence-corrected chi connectivity index (χ2v) is 4.82. The lowest BCUT2D eigenvalue weighted by atomic mass is 10.1. The third-order valence-corrected chi connectivity index (χ3v) is 3.59. The number of aromatic nitrogens is 2. The standard InChI is InChI=1S/C13H19N3O2/c1-16(10-6-4-2-3-5-7-10)12-9-14-11(8-15-12)13(17)18/h8-10H,2-7H2,1H3,(H,17,18). The van der Waals surface area contributed by atoms with Gasteiger partial charge in [-0.2, -0.15) is 0 Å². The number of rotatable bonds is 3. The summed E-state index contributed by atoms with van der Waals surface area (Å²) in [7, 11) is 2.01. The number of nitrogens with zero attached hydrogens (tertiary/aromatic N) is 3. The van der Waals surface area contributed by atoms with Crippen molar-refractivity contribution in [1.82, 2.24) is 9.97 Å². The zero-order valence-electron chi connectivity index (χ0n) is 10.7. The molecule has 0 unspecified atom stereocenters. The molecule has 1 aromatic rings. The van der Waals surface area contributed by atoms with Gasteiger partial charge in [0.2, 0.25) is 0 Å². The van der Waals surface area contributed by atoms with Crippen LogP contribution in [0.2, 0.25) is 0 Å². The van der Waals surface area contributed by atoms with Crippen molar-refractivity contribution in [3.63, 3.8) is 0 Å². The first-order valence-electron chi connectivity index (χ1n) is 6.46. The predicted octanol–water partition coefficient (Wildman–Crippen LogP) is 2.33. The first-order valence-corrected chi connectivity index (χ1v) is 6.46. The van der Waals surface area contributed by atoms with Crippen LogP contribution in [0.15, 0.2) is 12.4 Å². The van der Waals surface area contributed by atoms with E-state index in [0.29, 0.717) is 6.04 Å². The Labute approximate surface area is 107 Å². The fourth-order valence-electron chi connectivity index (χ4n) is 2.45. The molecule has 98 valence electrons. The average Bonchev–Trinajstić information content (AvgIpc) is 2.67. The van der Waals surface area contributed by atoms with Crippen LogP contribution in [0.1, 0.15) is 49.0 Å². The van der Waals surface area contributed by atoms with Crippen LogP contribution in [0.4, 0.5) is 5.82 Å². The maximum Gasteiger partial charge on any atom is 0.356 e. The van der Waals surface area contributed by atoms with Crippen LogP contribution >= 0.6 is 0 Å². The maximum atomic E-state index is 10.7. The van der Waals surface area contributed by atoms with Crippen molar-refractivity contribution in [3.8, 4) is 0 Å². The molecule has 0 aliphatic heterocycles. The molecule has 1 aliphatic carbocycles. The molecule has 1 N–H and O–H groups in total. The fraction of sp³-hybridized carbons (Fsp3) is 0.615. The van der Waals surface area contributed by atoms with E-state index in [2.05, 4.69) is 14.9 Å².